The van der Waals surface area contributed by atoms with Gasteiger partial charge in [-0.15, -0.1) is 0 Å². The highest BCUT2D eigenvalue weighted by atomic mass is 35.5. The second-order valence-electron chi connectivity index (χ2n) is 4.89. The van der Waals surface area contributed by atoms with E-state index in [1.165, 1.54) is 12.3 Å². The van der Waals surface area contributed by atoms with Gasteiger partial charge in [0.25, 0.3) is 5.69 Å². The Hall–Kier alpha value is -1.20. The van der Waals surface area contributed by atoms with Crippen molar-refractivity contribution in [1.29, 1.82) is 0 Å². The number of halogens is 1. The molecule has 0 saturated carbocycles. The van der Waals surface area contributed by atoms with Crippen LogP contribution in [0, 0.1) is 16.0 Å². The molecular formula is C13H20ClN3O2. The van der Waals surface area contributed by atoms with E-state index in [9.17, 15) is 10.1 Å². The van der Waals surface area contributed by atoms with Crippen LogP contribution in [0.3, 0.4) is 0 Å². The number of rotatable bonds is 7. The highest BCUT2D eigenvalue weighted by Crippen LogP contribution is 2.23. The third kappa shape index (κ3) is 4.76. The van der Waals surface area contributed by atoms with E-state index in [-0.39, 0.29) is 16.8 Å². The maximum Gasteiger partial charge on any atom is 0.292 e. The minimum absolute atomic E-state index is 0.00329. The van der Waals surface area contributed by atoms with Gasteiger partial charge >= 0.3 is 0 Å². The predicted molar refractivity (Wildman–Crippen MR) is 76.5 cm³/mol. The van der Waals surface area contributed by atoms with E-state index in [0.29, 0.717) is 18.0 Å². The predicted octanol–water partition coefficient (Wildman–Crippen LogP) is 3.21. The minimum atomic E-state index is -0.425. The molecule has 0 aromatic carbocycles. The van der Waals surface area contributed by atoms with Crippen LogP contribution in [0.2, 0.25) is 5.02 Å². The van der Waals surface area contributed by atoms with Crippen molar-refractivity contribution in [3.63, 3.8) is 0 Å². The Kier molecular flexibility index (Phi) is 6.18. The SMILES string of the molecule is CCCNC(Cc1ncc(Cl)cc1[N+](=O)[O-])C(C)C. The fourth-order valence-electron chi connectivity index (χ4n) is 1.85. The molecule has 0 spiro atoms. The minimum Gasteiger partial charge on any atom is -0.313 e. The maximum absolute atomic E-state index is 11.0. The molecule has 0 aliphatic rings. The summed E-state index contributed by atoms with van der Waals surface area (Å²) in [6.45, 7) is 7.17. The van der Waals surface area contributed by atoms with Crippen LogP contribution in [0.25, 0.3) is 0 Å². The van der Waals surface area contributed by atoms with E-state index in [4.69, 9.17) is 11.6 Å². The first-order valence-corrected chi connectivity index (χ1v) is 6.85. The second kappa shape index (κ2) is 7.40. The molecular weight excluding hydrogens is 266 g/mol. The molecule has 1 aromatic rings. The van der Waals surface area contributed by atoms with Crippen LogP contribution in [0.4, 0.5) is 5.69 Å². The van der Waals surface area contributed by atoms with E-state index in [0.717, 1.165) is 13.0 Å². The van der Waals surface area contributed by atoms with Crippen LogP contribution in [0.5, 0.6) is 0 Å². The summed E-state index contributed by atoms with van der Waals surface area (Å²) in [5.41, 5.74) is 0.480. The molecule has 0 amide bonds. The Balaban J connectivity index is 2.92. The van der Waals surface area contributed by atoms with Gasteiger partial charge in [-0.25, -0.2) is 0 Å². The zero-order valence-electron chi connectivity index (χ0n) is 11.5. The van der Waals surface area contributed by atoms with Gasteiger partial charge in [0.15, 0.2) is 0 Å². The van der Waals surface area contributed by atoms with E-state index >= 15 is 0 Å². The lowest BCUT2D eigenvalue weighted by molar-refractivity contribution is -0.386. The molecule has 1 rings (SSSR count). The second-order valence-corrected chi connectivity index (χ2v) is 5.32. The molecule has 106 valence electrons. The molecule has 0 saturated heterocycles. The maximum atomic E-state index is 11.0. The number of pyridine rings is 1. The average molecular weight is 286 g/mol. The lowest BCUT2D eigenvalue weighted by Crippen LogP contribution is -2.36. The molecule has 0 aliphatic carbocycles. The van der Waals surface area contributed by atoms with Crippen LogP contribution in [-0.2, 0) is 6.42 Å². The van der Waals surface area contributed by atoms with Crippen molar-refractivity contribution in [2.75, 3.05) is 6.54 Å². The van der Waals surface area contributed by atoms with Gasteiger partial charge < -0.3 is 5.32 Å². The Morgan fingerprint density at radius 2 is 2.21 bits per heavy atom. The summed E-state index contributed by atoms with van der Waals surface area (Å²) in [4.78, 5) is 14.7. The molecule has 1 atom stereocenters. The standard InChI is InChI=1S/C13H20ClN3O2/c1-4-5-15-11(9(2)3)7-12-13(17(18)19)6-10(14)8-16-12/h6,8-9,11,15H,4-5,7H2,1-3H3. The van der Waals surface area contributed by atoms with Crippen LogP contribution in [-0.4, -0.2) is 22.5 Å². The lowest BCUT2D eigenvalue weighted by atomic mass is 9.98. The summed E-state index contributed by atoms with van der Waals surface area (Å²) in [5, 5.41) is 14.7. The quantitative estimate of drug-likeness (QED) is 0.617. The summed E-state index contributed by atoms with van der Waals surface area (Å²) >= 11 is 5.76. The van der Waals surface area contributed by atoms with Crippen LogP contribution in [0.1, 0.15) is 32.9 Å². The molecule has 1 unspecified atom stereocenters. The number of hydrogen-bond acceptors (Lipinski definition) is 4. The van der Waals surface area contributed by atoms with Crippen molar-refractivity contribution < 1.29 is 4.92 Å². The third-order valence-electron chi connectivity index (χ3n) is 2.99. The van der Waals surface area contributed by atoms with Crippen molar-refractivity contribution in [2.45, 2.75) is 39.7 Å². The van der Waals surface area contributed by atoms with Crippen molar-refractivity contribution in [3.05, 3.63) is 33.1 Å². The molecule has 19 heavy (non-hydrogen) atoms. The number of nitrogens with one attached hydrogen (secondary N) is 1. The molecule has 0 bridgehead atoms. The van der Waals surface area contributed by atoms with E-state index in [2.05, 4.69) is 31.1 Å². The zero-order valence-corrected chi connectivity index (χ0v) is 12.3. The molecule has 1 aromatic heterocycles. The smallest absolute Gasteiger partial charge is 0.292 e. The first-order valence-electron chi connectivity index (χ1n) is 6.47. The number of hydrogen-bond donors (Lipinski definition) is 1. The van der Waals surface area contributed by atoms with Crippen molar-refractivity contribution in [1.82, 2.24) is 10.3 Å². The van der Waals surface area contributed by atoms with Crippen molar-refractivity contribution in [2.24, 2.45) is 5.92 Å². The zero-order chi connectivity index (χ0) is 14.4. The highest BCUT2D eigenvalue weighted by molar-refractivity contribution is 6.30. The van der Waals surface area contributed by atoms with E-state index in [1.54, 1.807) is 0 Å². The van der Waals surface area contributed by atoms with Crippen molar-refractivity contribution in [3.8, 4) is 0 Å². The first kappa shape index (κ1) is 15.9. The van der Waals surface area contributed by atoms with Gasteiger partial charge in [0.1, 0.15) is 5.69 Å². The summed E-state index contributed by atoms with van der Waals surface area (Å²) in [5.74, 6) is 0.378. The molecule has 1 N–H and O–H groups in total. The number of nitro groups is 1. The first-order chi connectivity index (χ1) is 8.95. The van der Waals surface area contributed by atoms with Gasteiger partial charge in [0.2, 0.25) is 0 Å². The fraction of sp³-hybridized carbons (Fsp3) is 0.615. The summed E-state index contributed by atoms with van der Waals surface area (Å²) in [6, 6.07) is 1.54. The molecule has 0 aliphatic heterocycles. The fourth-order valence-corrected chi connectivity index (χ4v) is 2.01. The summed E-state index contributed by atoms with van der Waals surface area (Å²) in [6.07, 6.45) is 3.02. The number of aromatic nitrogens is 1. The monoisotopic (exact) mass is 285 g/mol. The van der Waals surface area contributed by atoms with E-state index < -0.39 is 4.92 Å². The van der Waals surface area contributed by atoms with Gasteiger partial charge in [-0.3, -0.25) is 15.1 Å². The largest absolute Gasteiger partial charge is 0.313 e. The molecule has 0 fully saturated rings. The Bertz CT molecular complexity index is 438. The Morgan fingerprint density at radius 1 is 1.53 bits per heavy atom. The van der Waals surface area contributed by atoms with E-state index in [1.807, 2.05) is 0 Å². The number of nitrogens with zero attached hydrogens (tertiary/aromatic N) is 2. The summed E-state index contributed by atoms with van der Waals surface area (Å²) in [7, 11) is 0. The van der Waals surface area contributed by atoms with Crippen molar-refractivity contribution >= 4 is 17.3 Å². The van der Waals surface area contributed by atoms with Crippen LogP contribution < -0.4 is 5.32 Å². The van der Waals surface area contributed by atoms with Crippen LogP contribution >= 0.6 is 11.6 Å². The lowest BCUT2D eigenvalue weighted by Gasteiger charge is -2.21. The Morgan fingerprint density at radius 3 is 2.74 bits per heavy atom. The molecule has 0 radical (unpaired) electrons. The van der Waals surface area contributed by atoms with Gasteiger partial charge in [0, 0.05) is 24.7 Å². The third-order valence-corrected chi connectivity index (χ3v) is 3.19. The molecule has 6 heteroatoms. The Labute approximate surface area is 118 Å². The normalized spacial score (nSPS) is 12.7. The highest BCUT2D eigenvalue weighted by Gasteiger charge is 2.21. The molecule has 1 heterocycles. The van der Waals surface area contributed by atoms with Gasteiger partial charge in [-0.05, 0) is 18.9 Å². The van der Waals surface area contributed by atoms with Gasteiger partial charge in [0.05, 0.1) is 9.95 Å². The molecule has 5 nitrogen and oxygen atoms in total. The average Bonchev–Trinajstić information content (AvgIpc) is 2.35. The summed E-state index contributed by atoms with van der Waals surface area (Å²) < 4.78 is 0. The topological polar surface area (TPSA) is 68.1 Å². The van der Waals surface area contributed by atoms with Gasteiger partial charge in [-0.2, -0.15) is 0 Å². The van der Waals surface area contributed by atoms with Gasteiger partial charge in [-0.1, -0.05) is 32.4 Å². The van der Waals surface area contributed by atoms with Crippen LogP contribution in [0.15, 0.2) is 12.3 Å².